The second kappa shape index (κ2) is 10.4. The van der Waals surface area contributed by atoms with Crippen molar-refractivity contribution in [2.45, 2.75) is 52.2 Å². The quantitative estimate of drug-likeness (QED) is 0.569. The first-order chi connectivity index (χ1) is 7.20. The van der Waals surface area contributed by atoms with E-state index < -0.39 is 0 Å². The van der Waals surface area contributed by atoms with E-state index in [-0.39, 0.29) is 0 Å². The van der Waals surface area contributed by atoms with Crippen LogP contribution in [0.5, 0.6) is 0 Å². The summed E-state index contributed by atoms with van der Waals surface area (Å²) in [6, 6.07) is 0.544. The van der Waals surface area contributed by atoms with Crippen molar-refractivity contribution in [3.05, 3.63) is 0 Å². The third-order valence-electron chi connectivity index (χ3n) is 2.32. The summed E-state index contributed by atoms with van der Waals surface area (Å²) >= 11 is 0. The molecule has 0 aromatic carbocycles. The number of hydrogen-bond acceptors (Lipinski definition) is 3. The topological polar surface area (TPSA) is 30.5 Å². The van der Waals surface area contributed by atoms with Gasteiger partial charge in [-0.25, -0.2) is 0 Å². The second-order valence-electron chi connectivity index (χ2n) is 4.12. The molecule has 0 radical (unpaired) electrons. The van der Waals surface area contributed by atoms with Gasteiger partial charge in [0.1, 0.15) is 0 Å². The van der Waals surface area contributed by atoms with Crippen molar-refractivity contribution in [3.8, 4) is 0 Å². The van der Waals surface area contributed by atoms with Crippen LogP contribution in [0.3, 0.4) is 0 Å². The lowest BCUT2D eigenvalue weighted by atomic mass is 10.1. The van der Waals surface area contributed by atoms with Gasteiger partial charge in [0.25, 0.3) is 0 Å². The molecule has 0 heterocycles. The highest BCUT2D eigenvalue weighted by Gasteiger charge is 2.07. The summed E-state index contributed by atoms with van der Waals surface area (Å²) in [5.41, 5.74) is 0. The molecule has 0 aliphatic rings. The van der Waals surface area contributed by atoms with Crippen molar-refractivity contribution in [3.63, 3.8) is 0 Å². The Morgan fingerprint density at radius 2 is 1.93 bits per heavy atom. The minimum absolute atomic E-state index is 0.334. The molecule has 1 N–H and O–H groups in total. The fourth-order valence-electron chi connectivity index (χ4n) is 1.53. The van der Waals surface area contributed by atoms with E-state index in [9.17, 15) is 0 Å². The Balaban J connectivity index is 3.33. The maximum Gasteiger partial charge on any atom is 0.0561 e. The SMILES string of the molecule is CCCNC(C)CC(C)OCCCOC. The first-order valence-corrected chi connectivity index (χ1v) is 6.04. The largest absolute Gasteiger partial charge is 0.385 e. The Morgan fingerprint density at radius 1 is 1.20 bits per heavy atom. The molecule has 92 valence electrons. The third-order valence-corrected chi connectivity index (χ3v) is 2.32. The molecule has 0 aromatic rings. The van der Waals surface area contributed by atoms with Gasteiger partial charge in [-0.1, -0.05) is 6.92 Å². The molecule has 2 unspecified atom stereocenters. The van der Waals surface area contributed by atoms with E-state index in [2.05, 4.69) is 26.1 Å². The first-order valence-electron chi connectivity index (χ1n) is 6.04. The Bertz CT molecular complexity index is 131. The molecule has 3 nitrogen and oxygen atoms in total. The molecule has 0 amide bonds. The van der Waals surface area contributed by atoms with Gasteiger partial charge in [0.05, 0.1) is 6.10 Å². The normalized spacial score (nSPS) is 15.2. The monoisotopic (exact) mass is 217 g/mol. The summed E-state index contributed by atoms with van der Waals surface area (Å²) in [5.74, 6) is 0. The molecule has 0 saturated heterocycles. The van der Waals surface area contributed by atoms with Crippen molar-refractivity contribution < 1.29 is 9.47 Å². The highest BCUT2D eigenvalue weighted by Crippen LogP contribution is 2.02. The van der Waals surface area contributed by atoms with Crippen molar-refractivity contribution in [2.75, 3.05) is 26.9 Å². The van der Waals surface area contributed by atoms with Crippen LogP contribution in [0.1, 0.15) is 40.0 Å². The molecule has 2 atom stereocenters. The summed E-state index contributed by atoms with van der Waals surface area (Å²) in [5, 5.41) is 3.46. The molecule has 0 aliphatic carbocycles. The van der Waals surface area contributed by atoms with Crippen LogP contribution in [0.2, 0.25) is 0 Å². The molecule has 0 aromatic heterocycles. The van der Waals surface area contributed by atoms with E-state index in [1.54, 1.807) is 7.11 Å². The summed E-state index contributed by atoms with van der Waals surface area (Å²) < 4.78 is 10.6. The van der Waals surface area contributed by atoms with Gasteiger partial charge >= 0.3 is 0 Å². The van der Waals surface area contributed by atoms with Crippen LogP contribution in [-0.2, 0) is 9.47 Å². The molecule has 0 aliphatic heterocycles. The second-order valence-corrected chi connectivity index (χ2v) is 4.12. The van der Waals surface area contributed by atoms with Gasteiger partial charge in [0, 0.05) is 26.4 Å². The molecule has 0 bridgehead atoms. The summed E-state index contributed by atoms with van der Waals surface area (Å²) in [4.78, 5) is 0. The summed E-state index contributed by atoms with van der Waals surface area (Å²) in [7, 11) is 1.72. The average Bonchev–Trinajstić information content (AvgIpc) is 2.21. The zero-order valence-corrected chi connectivity index (χ0v) is 10.7. The van der Waals surface area contributed by atoms with Crippen molar-refractivity contribution in [2.24, 2.45) is 0 Å². The Kier molecular flexibility index (Phi) is 10.3. The van der Waals surface area contributed by atoms with E-state index >= 15 is 0 Å². The lowest BCUT2D eigenvalue weighted by Gasteiger charge is -2.18. The highest BCUT2D eigenvalue weighted by atomic mass is 16.5. The van der Waals surface area contributed by atoms with Gasteiger partial charge in [0.2, 0.25) is 0 Å². The molecule has 0 rings (SSSR count). The van der Waals surface area contributed by atoms with Crippen LogP contribution in [0.4, 0.5) is 0 Å². The van der Waals surface area contributed by atoms with Gasteiger partial charge in [-0.05, 0) is 39.7 Å². The number of ether oxygens (including phenoxy) is 2. The van der Waals surface area contributed by atoms with Gasteiger partial charge < -0.3 is 14.8 Å². The van der Waals surface area contributed by atoms with Crippen LogP contribution in [0.25, 0.3) is 0 Å². The summed E-state index contributed by atoms with van der Waals surface area (Å²) in [6.07, 6.45) is 3.58. The average molecular weight is 217 g/mol. The minimum atomic E-state index is 0.334. The zero-order valence-electron chi connectivity index (χ0n) is 10.7. The van der Waals surface area contributed by atoms with Gasteiger partial charge in [-0.15, -0.1) is 0 Å². The highest BCUT2D eigenvalue weighted by molar-refractivity contribution is 4.64. The summed E-state index contributed by atoms with van der Waals surface area (Å²) in [6.45, 7) is 9.22. The smallest absolute Gasteiger partial charge is 0.0561 e. The molecule has 0 saturated carbocycles. The van der Waals surface area contributed by atoms with Gasteiger partial charge in [-0.2, -0.15) is 0 Å². The van der Waals surface area contributed by atoms with Crippen LogP contribution in [-0.4, -0.2) is 39.0 Å². The standard InChI is InChI=1S/C12H27NO2/c1-5-7-13-11(2)10-12(3)15-9-6-8-14-4/h11-13H,5-10H2,1-4H3. The predicted octanol–water partition coefficient (Wildman–Crippen LogP) is 2.21. The number of nitrogens with one attached hydrogen (secondary N) is 1. The van der Waals surface area contributed by atoms with E-state index in [0.29, 0.717) is 12.1 Å². The lowest BCUT2D eigenvalue weighted by Crippen LogP contribution is -2.30. The van der Waals surface area contributed by atoms with Crippen LogP contribution < -0.4 is 5.32 Å². The fourth-order valence-corrected chi connectivity index (χ4v) is 1.53. The van der Waals surface area contributed by atoms with E-state index in [4.69, 9.17) is 9.47 Å². The molecular formula is C12H27NO2. The zero-order chi connectivity index (χ0) is 11.5. The van der Waals surface area contributed by atoms with E-state index in [0.717, 1.165) is 32.6 Å². The maximum absolute atomic E-state index is 5.67. The van der Waals surface area contributed by atoms with Gasteiger partial charge in [-0.3, -0.25) is 0 Å². The lowest BCUT2D eigenvalue weighted by molar-refractivity contribution is 0.0407. The van der Waals surface area contributed by atoms with Crippen molar-refractivity contribution in [1.29, 1.82) is 0 Å². The third kappa shape index (κ3) is 10.2. The van der Waals surface area contributed by atoms with E-state index in [1.807, 2.05) is 0 Å². The molecule has 0 spiro atoms. The Labute approximate surface area is 94.5 Å². The van der Waals surface area contributed by atoms with Crippen LogP contribution in [0, 0.1) is 0 Å². The Morgan fingerprint density at radius 3 is 2.53 bits per heavy atom. The van der Waals surface area contributed by atoms with E-state index in [1.165, 1.54) is 6.42 Å². The van der Waals surface area contributed by atoms with Crippen molar-refractivity contribution in [1.82, 2.24) is 5.32 Å². The number of hydrogen-bond donors (Lipinski definition) is 1. The van der Waals surface area contributed by atoms with Crippen LogP contribution >= 0.6 is 0 Å². The minimum Gasteiger partial charge on any atom is -0.385 e. The number of rotatable bonds is 10. The predicted molar refractivity (Wildman–Crippen MR) is 64.3 cm³/mol. The van der Waals surface area contributed by atoms with Gasteiger partial charge in [0.15, 0.2) is 0 Å². The fraction of sp³-hybridized carbons (Fsp3) is 1.00. The first kappa shape index (κ1) is 14.9. The van der Waals surface area contributed by atoms with Crippen molar-refractivity contribution >= 4 is 0 Å². The van der Waals surface area contributed by atoms with Crippen LogP contribution in [0.15, 0.2) is 0 Å². The molecule has 15 heavy (non-hydrogen) atoms. The number of methoxy groups -OCH3 is 1. The molecule has 3 heteroatoms. The molecule has 0 fully saturated rings. The Hall–Kier alpha value is -0.120. The molecular weight excluding hydrogens is 190 g/mol. The maximum atomic E-state index is 5.67.